The average Bonchev–Trinajstić information content (AvgIpc) is 2.76. The van der Waals surface area contributed by atoms with Crippen LogP contribution in [0, 0.1) is 6.92 Å². The third-order valence-corrected chi connectivity index (χ3v) is 2.35. The van der Waals surface area contributed by atoms with Crippen LogP contribution in [0.1, 0.15) is 17.1 Å². The Morgan fingerprint density at radius 1 is 1.41 bits per heavy atom. The molecule has 0 radical (unpaired) electrons. The highest BCUT2D eigenvalue weighted by molar-refractivity contribution is 5.24. The number of hydrogen-bond donors (Lipinski definition) is 2. The number of aryl methyl sites for hydroxylation is 1. The number of pyridine rings is 1. The second-order valence-corrected chi connectivity index (χ2v) is 3.66. The van der Waals surface area contributed by atoms with Gasteiger partial charge in [-0.2, -0.15) is 0 Å². The van der Waals surface area contributed by atoms with Crippen LogP contribution in [0.2, 0.25) is 0 Å². The van der Waals surface area contributed by atoms with Gasteiger partial charge in [-0.25, -0.2) is 0 Å². The first-order valence-corrected chi connectivity index (χ1v) is 5.46. The number of aromatic nitrogens is 3. The van der Waals surface area contributed by atoms with E-state index in [0.717, 1.165) is 11.3 Å². The molecule has 0 aliphatic heterocycles. The quantitative estimate of drug-likeness (QED) is 0.797. The Labute approximate surface area is 99.3 Å². The summed E-state index contributed by atoms with van der Waals surface area (Å²) >= 11 is 0. The normalized spacial score (nSPS) is 10.5. The van der Waals surface area contributed by atoms with Crippen molar-refractivity contribution in [3.05, 3.63) is 35.5 Å². The zero-order valence-electron chi connectivity index (χ0n) is 9.68. The van der Waals surface area contributed by atoms with Crippen LogP contribution >= 0.6 is 0 Å². The van der Waals surface area contributed by atoms with E-state index in [0.29, 0.717) is 31.4 Å². The van der Waals surface area contributed by atoms with Crippen LogP contribution in [0.15, 0.2) is 22.7 Å². The van der Waals surface area contributed by atoms with E-state index in [-0.39, 0.29) is 0 Å². The molecule has 2 aromatic rings. The molecule has 0 aliphatic carbocycles. The van der Waals surface area contributed by atoms with Crippen LogP contribution in [-0.2, 0) is 13.0 Å². The van der Waals surface area contributed by atoms with Crippen LogP contribution < -0.4 is 11.1 Å². The van der Waals surface area contributed by atoms with E-state index in [1.54, 1.807) is 6.20 Å². The molecule has 0 saturated carbocycles. The summed E-state index contributed by atoms with van der Waals surface area (Å²) in [6.45, 7) is 3.08. The fourth-order valence-electron chi connectivity index (χ4n) is 1.41. The van der Waals surface area contributed by atoms with Gasteiger partial charge in [-0.05, 0) is 18.6 Å². The molecule has 0 amide bonds. The third kappa shape index (κ3) is 3.01. The van der Waals surface area contributed by atoms with Crippen LogP contribution in [0.4, 0.5) is 6.01 Å². The van der Waals surface area contributed by atoms with E-state index >= 15 is 0 Å². The first-order chi connectivity index (χ1) is 8.29. The fourth-order valence-corrected chi connectivity index (χ4v) is 1.41. The minimum absolute atomic E-state index is 0.401. The second-order valence-electron chi connectivity index (χ2n) is 3.66. The summed E-state index contributed by atoms with van der Waals surface area (Å²) < 4.78 is 5.34. The maximum absolute atomic E-state index is 5.40. The Morgan fingerprint density at radius 3 is 3.06 bits per heavy atom. The lowest BCUT2D eigenvalue weighted by molar-refractivity contribution is 0.505. The smallest absolute Gasteiger partial charge is 0.315 e. The summed E-state index contributed by atoms with van der Waals surface area (Å²) in [5.41, 5.74) is 7.49. The van der Waals surface area contributed by atoms with E-state index in [2.05, 4.69) is 20.5 Å². The molecule has 2 aromatic heterocycles. The first-order valence-electron chi connectivity index (χ1n) is 5.46. The highest BCUT2D eigenvalue weighted by Gasteiger charge is 2.05. The van der Waals surface area contributed by atoms with Gasteiger partial charge >= 0.3 is 6.01 Å². The lowest BCUT2D eigenvalue weighted by Gasteiger charge is -2.03. The van der Waals surface area contributed by atoms with E-state index < -0.39 is 0 Å². The summed E-state index contributed by atoms with van der Waals surface area (Å²) in [6, 6.07) is 4.32. The molecule has 0 spiro atoms. The molecule has 0 atom stereocenters. The van der Waals surface area contributed by atoms with Crippen molar-refractivity contribution in [2.24, 2.45) is 5.73 Å². The SMILES string of the molecule is Cc1cccnc1CNc1nnc(CCN)o1. The second kappa shape index (κ2) is 5.40. The van der Waals surface area contributed by atoms with Crippen molar-refractivity contribution in [3.63, 3.8) is 0 Å². The predicted molar refractivity (Wildman–Crippen MR) is 63.4 cm³/mol. The van der Waals surface area contributed by atoms with Crippen molar-refractivity contribution < 1.29 is 4.42 Å². The Morgan fingerprint density at radius 2 is 2.29 bits per heavy atom. The van der Waals surface area contributed by atoms with Crippen LogP contribution in [0.5, 0.6) is 0 Å². The minimum Gasteiger partial charge on any atom is -0.408 e. The predicted octanol–water partition coefficient (Wildman–Crippen LogP) is 0.886. The molecule has 3 N–H and O–H groups in total. The summed E-state index contributed by atoms with van der Waals surface area (Å²) in [5, 5.41) is 10.8. The number of nitrogens with zero attached hydrogens (tertiary/aromatic N) is 3. The molecule has 0 unspecified atom stereocenters. The summed E-state index contributed by atoms with van der Waals surface area (Å²) in [7, 11) is 0. The maximum atomic E-state index is 5.40. The zero-order valence-corrected chi connectivity index (χ0v) is 9.68. The highest BCUT2D eigenvalue weighted by atomic mass is 16.4. The van der Waals surface area contributed by atoms with Crippen molar-refractivity contribution >= 4 is 6.01 Å². The van der Waals surface area contributed by atoms with Gasteiger partial charge in [0.05, 0.1) is 12.2 Å². The molecular weight excluding hydrogens is 218 g/mol. The van der Waals surface area contributed by atoms with E-state index in [1.807, 2.05) is 19.1 Å². The van der Waals surface area contributed by atoms with Gasteiger partial charge in [-0.3, -0.25) is 4.98 Å². The van der Waals surface area contributed by atoms with Crippen molar-refractivity contribution in [3.8, 4) is 0 Å². The van der Waals surface area contributed by atoms with Gasteiger partial charge in [0.25, 0.3) is 0 Å². The molecule has 2 heterocycles. The molecule has 6 nitrogen and oxygen atoms in total. The first kappa shape index (κ1) is 11.5. The van der Waals surface area contributed by atoms with Gasteiger partial charge < -0.3 is 15.5 Å². The minimum atomic E-state index is 0.401. The fraction of sp³-hybridized carbons (Fsp3) is 0.364. The largest absolute Gasteiger partial charge is 0.408 e. The third-order valence-electron chi connectivity index (χ3n) is 2.35. The van der Waals surface area contributed by atoms with Crippen LogP contribution in [0.3, 0.4) is 0 Å². The van der Waals surface area contributed by atoms with E-state index in [4.69, 9.17) is 10.2 Å². The molecule has 0 aromatic carbocycles. The average molecular weight is 233 g/mol. The highest BCUT2D eigenvalue weighted by Crippen LogP contribution is 2.09. The Bertz CT molecular complexity index is 482. The Kier molecular flexibility index (Phi) is 3.66. The number of nitrogens with two attached hydrogens (primary N) is 1. The number of hydrogen-bond acceptors (Lipinski definition) is 6. The lowest BCUT2D eigenvalue weighted by Crippen LogP contribution is -2.03. The van der Waals surface area contributed by atoms with Crippen molar-refractivity contribution in [2.75, 3.05) is 11.9 Å². The summed E-state index contributed by atoms with van der Waals surface area (Å²) in [6.07, 6.45) is 2.36. The molecule has 0 aliphatic rings. The molecular formula is C11H15N5O. The molecule has 2 rings (SSSR count). The molecule has 90 valence electrons. The van der Waals surface area contributed by atoms with Crippen LogP contribution in [-0.4, -0.2) is 21.7 Å². The topological polar surface area (TPSA) is 89.9 Å². The van der Waals surface area contributed by atoms with E-state index in [9.17, 15) is 0 Å². The Hall–Kier alpha value is -1.95. The van der Waals surface area contributed by atoms with Crippen molar-refractivity contribution in [1.29, 1.82) is 0 Å². The molecule has 0 bridgehead atoms. The van der Waals surface area contributed by atoms with Gasteiger partial charge in [0, 0.05) is 19.2 Å². The van der Waals surface area contributed by atoms with Crippen LogP contribution in [0.25, 0.3) is 0 Å². The number of nitrogens with one attached hydrogen (secondary N) is 1. The Balaban J connectivity index is 1.95. The van der Waals surface area contributed by atoms with Gasteiger partial charge in [0.1, 0.15) is 0 Å². The standard InChI is InChI=1S/C11H15N5O/c1-8-3-2-6-13-9(8)7-14-11-16-15-10(17-11)4-5-12/h2-3,6H,4-5,7,12H2,1H3,(H,14,16). The van der Waals surface area contributed by atoms with Crippen molar-refractivity contribution in [1.82, 2.24) is 15.2 Å². The van der Waals surface area contributed by atoms with Gasteiger partial charge in [0.15, 0.2) is 0 Å². The molecule has 6 heteroatoms. The van der Waals surface area contributed by atoms with Gasteiger partial charge in [0.2, 0.25) is 5.89 Å². The van der Waals surface area contributed by atoms with Gasteiger partial charge in [-0.1, -0.05) is 11.2 Å². The van der Waals surface area contributed by atoms with Gasteiger partial charge in [-0.15, -0.1) is 5.10 Å². The summed E-state index contributed by atoms with van der Waals surface area (Å²) in [4.78, 5) is 4.26. The van der Waals surface area contributed by atoms with Crippen molar-refractivity contribution in [2.45, 2.75) is 19.9 Å². The molecule has 0 saturated heterocycles. The molecule has 17 heavy (non-hydrogen) atoms. The van der Waals surface area contributed by atoms with E-state index in [1.165, 1.54) is 0 Å². The zero-order chi connectivity index (χ0) is 12.1. The monoisotopic (exact) mass is 233 g/mol. The number of rotatable bonds is 5. The molecule has 0 fully saturated rings. The number of anilines is 1. The lowest BCUT2D eigenvalue weighted by atomic mass is 10.2. The maximum Gasteiger partial charge on any atom is 0.315 e. The summed E-state index contributed by atoms with van der Waals surface area (Å²) in [5.74, 6) is 0.549.